The highest BCUT2D eigenvalue weighted by Crippen LogP contribution is 2.29. The molecule has 0 aliphatic heterocycles. The fraction of sp³-hybridized carbons (Fsp3) is 0.389. The first-order valence-electron chi connectivity index (χ1n) is 8.67. The summed E-state index contributed by atoms with van der Waals surface area (Å²) < 4.78 is 42.7. The highest BCUT2D eigenvalue weighted by Gasteiger charge is 2.33. The molecule has 2 aromatic rings. The van der Waals surface area contributed by atoms with Crippen LogP contribution in [-0.4, -0.2) is 44.1 Å². The molecule has 1 aromatic heterocycles. The predicted octanol–water partition coefficient (Wildman–Crippen LogP) is 2.19. The molecule has 1 amide bonds. The molecule has 3 N–H and O–H groups in total. The zero-order chi connectivity index (χ0) is 21.3. The lowest BCUT2D eigenvalue weighted by Crippen LogP contribution is -2.43. The Labute approximate surface area is 170 Å². The predicted molar refractivity (Wildman–Crippen MR) is 105 cm³/mol. The van der Waals surface area contributed by atoms with Crippen LogP contribution in [0.4, 0.5) is 13.2 Å². The van der Waals surface area contributed by atoms with Gasteiger partial charge in [0, 0.05) is 31.9 Å². The van der Waals surface area contributed by atoms with Gasteiger partial charge in [0.2, 0.25) is 5.91 Å². The number of nitrogens with zero attached hydrogens (tertiary/aromatic N) is 2. The second-order valence-electron chi connectivity index (χ2n) is 5.85. The van der Waals surface area contributed by atoms with Crippen molar-refractivity contribution >= 4 is 23.2 Å². The number of carbonyl (C=O) groups is 1. The van der Waals surface area contributed by atoms with Gasteiger partial charge in [0.25, 0.3) is 0 Å². The fourth-order valence-corrected chi connectivity index (χ4v) is 3.04. The number of amides is 1. The third kappa shape index (κ3) is 7.60. The van der Waals surface area contributed by atoms with Crippen LogP contribution in [0.2, 0.25) is 0 Å². The Hall–Kier alpha value is -2.82. The van der Waals surface area contributed by atoms with E-state index in [1.54, 1.807) is 7.11 Å². The van der Waals surface area contributed by atoms with E-state index in [1.165, 1.54) is 7.05 Å². The van der Waals surface area contributed by atoms with E-state index in [-0.39, 0.29) is 12.5 Å². The highest BCUT2D eigenvalue weighted by molar-refractivity contribution is 7.09. The largest absolute Gasteiger partial charge is 0.497 e. The summed E-state index contributed by atoms with van der Waals surface area (Å²) in [6.45, 7) is 0.714. The van der Waals surface area contributed by atoms with Crippen molar-refractivity contribution in [2.45, 2.75) is 19.1 Å². The normalized spacial score (nSPS) is 11.8. The molecule has 0 bridgehead atoms. The summed E-state index contributed by atoms with van der Waals surface area (Å²) in [5.41, 5.74) is 0.0527. The Balaban J connectivity index is 1.68. The monoisotopic (exact) mass is 429 g/mol. The number of aliphatic imine (C=N–C) groups is 1. The van der Waals surface area contributed by atoms with Crippen LogP contribution < -0.4 is 20.7 Å². The van der Waals surface area contributed by atoms with Gasteiger partial charge >= 0.3 is 6.18 Å². The van der Waals surface area contributed by atoms with Gasteiger partial charge in [-0.3, -0.25) is 9.79 Å². The van der Waals surface area contributed by atoms with Gasteiger partial charge in [-0.25, -0.2) is 4.98 Å². The molecule has 0 spiro atoms. The maximum atomic E-state index is 12.5. The first-order valence-corrected chi connectivity index (χ1v) is 9.55. The van der Waals surface area contributed by atoms with Crippen LogP contribution in [0.1, 0.15) is 16.3 Å². The molecule has 0 saturated carbocycles. The third-order valence-electron chi connectivity index (χ3n) is 3.76. The number of hydrogen-bond acceptors (Lipinski definition) is 5. The molecule has 0 atom stereocenters. The molecule has 0 aliphatic rings. The molecular weight excluding hydrogens is 407 g/mol. The molecule has 0 fully saturated rings. The third-order valence-corrected chi connectivity index (χ3v) is 4.67. The lowest BCUT2D eigenvalue weighted by molar-refractivity contribution is -0.140. The number of methoxy groups -OCH3 is 1. The molecule has 0 radical (unpaired) electrons. The zero-order valence-corrected chi connectivity index (χ0v) is 16.8. The van der Waals surface area contributed by atoms with E-state index >= 15 is 0 Å². The van der Waals surface area contributed by atoms with Gasteiger partial charge in [-0.1, -0.05) is 12.1 Å². The first-order chi connectivity index (χ1) is 13.8. The summed E-state index contributed by atoms with van der Waals surface area (Å²) in [7, 11) is 3.12. The fourth-order valence-electron chi connectivity index (χ4n) is 2.23. The number of thiazole rings is 1. The number of alkyl halides is 3. The quantitative estimate of drug-likeness (QED) is 0.442. The van der Waals surface area contributed by atoms with E-state index in [2.05, 4.69) is 25.9 Å². The average molecular weight is 429 g/mol. The second kappa shape index (κ2) is 10.6. The molecule has 11 heteroatoms. The van der Waals surface area contributed by atoms with Crippen LogP contribution in [0.3, 0.4) is 0 Å². The molecule has 1 aromatic carbocycles. The van der Waals surface area contributed by atoms with Gasteiger partial charge in [0.1, 0.15) is 5.75 Å². The van der Waals surface area contributed by atoms with Crippen LogP contribution in [0.5, 0.6) is 5.75 Å². The Morgan fingerprint density at radius 3 is 2.52 bits per heavy atom. The Bertz CT molecular complexity index is 822. The molecule has 158 valence electrons. The molecular formula is C18H22F3N5O2S. The maximum Gasteiger partial charge on any atom is 0.434 e. The van der Waals surface area contributed by atoms with Crippen LogP contribution in [0, 0.1) is 0 Å². The van der Waals surface area contributed by atoms with Crippen molar-refractivity contribution in [2.75, 3.05) is 27.2 Å². The number of benzene rings is 1. The van der Waals surface area contributed by atoms with Crippen molar-refractivity contribution in [1.29, 1.82) is 0 Å². The second-order valence-corrected chi connectivity index (χ2v) is 6.79. The SMILES string of the molecule is CN=C(NCCc1nc(C(F)(F)F)cs1)NCC(=O)NCc1ccc(OC)cc1. The summed E-state index contributed by atoms with van der Waals surface area (Å²) >= 11 is 0.957. The highest BCUT2D eigenvalue weighted by atomic mass is 32.1. The minimum Gasteiger partial charge on any atom is -0.497 e. The topological polar surface area (TPSA) is 87.6 Å². The molecule has 1 heterocycles. The van der Waals surface area contributed by atoms with Crippen molar-refractivity contribution in [1.82, 2.24) is 20.9 Å². The van der Waals surface area contributed by atoms with Gasteiger partial charge in [0.15, 0.2) is 11.7 Å². The van der Waals surface area contributed by atoms with Crippen molar-refractivity contribution in [3.63, 3.8) is 0 Å². The van der Waals surface area contributed by atoms with E-state index in [4.69, 9.17) is 4.74 Å². The van der Waals surface area contributed by atoms with Crippen LogP contribution in [0.25, 0.3) is 0 Å². The minimum atomic E-state index is -4.43. The summed E-state index contributed by atoms with van der Waals surface area (Å²) in [6.07, 6.45) is -4.12. The molecule has 7 nitrogen and oxygen atoms in total. The minimum absolute atomic E-state index is 0.00526. The first kappa shape index (κ1) is 22.5. The summed E-state index contributed by atoms with van der Waals surface area (Å²) in [5, 5.41) is 9.93. The lowest BCUT2D eigenvalue weighted by atomic mass is 10.2. The smallest absolute Gasteiger partial charge is 0.434 e. The Kier molecular flexibility index (Phi) is 8.25. The van der Waals surface area contributed by atoms with Crippen molar-refractivity contribution in [2.24, 2.45) is 4.99 Å². The van der Waals surface area contributed by atoms with Gasteiger partial charge < -0.3 is 20.7 Å². The van der Waals surface area contributed by atoms with E-state index in [1.807, 2.05) is 24.3 Å². The number of nitrogens with one attached hydrogen (secondary N) is 3. The maximum absolute atomic E-state index is 12.5. The number of carbonyl (C=O) groups excluding carboxylic acids is 1. The van der Waals surface area contributed by atoms with E-state index in [9.17, 15) is 18.0 Å². The van der Waals surface area contributed by atoms with E-state index in [0.29, 0.717) is 30.5 Å². The van der Waals surface area contributed by atoms with Gasteiger partial charge in [-0.15, -0.1) is 11.3 Å². The molecule has 2 rings (SSSR count). The zero-order valence-electron chi connectivity index (χ0n) is 16.0. The summed E-state index contributed by atoms with van der Waals surface area (Å²) in [6, 6.07) is 7.34. The van der Waals surface area contributed by atoms with E-state index in [0.717, 1.165) is 28.0 Å². The Morgan fingerprint density at radius 2 is 1.93 bits per heavy atom. The van der Waals surface area contributed by atoms with Gasteiger partial charge in [-0.2, -0.15) is 13.2 Å². The average Bonchev–Trinajstić information content (AvgIpc) is 3.18. The van der Waals surface area contributed by atoms with E-state index < -0.39 is 11.9 Å². The van der Waals surface area contributed by atoms with Crippen LogP contribution in [0.15, 0.2) is 34.6 Å². The number of hydrogen-bond donors (Lipinski definition) is 3. The van der Waals surface area contributed by atoms with Crippen molar-refractivity contribution in [3.8, 4) is 5.75 Å². The van der Waals surface area contributed by atoms with Gasteiger partial charge in [-0.05, 0) is 17.7 Å². The number of ether oxygens (including phenoxy) is 1. The standard InChI is InChI=1S/C18H22F3N5O2S/c1-22-17(23-8-7-16-26-14(11-29-16)18(19,20)21)25-10-15(27)24-9-12-3-5-13(28-2)6-4-12/h3-6,11H,7-10H2,1-2H3,(H,24,27)(H2,22,23,25). The number of aromatic nitrogens is 1. The van der Waals surface area contributed by atoms with Crippen molar-refractivity contribution in [3.05, 3.63) is 45.9 Å². The van der Waals surface area contributed by atoms with Crippen LogP contribution in [-0.2, 0) is 23.9 Å². The Morgan fingerprint density at radius 1 is 1.21 bits per heavy atom. The van der Waals surface area contributed by atoms with Crippen molar-refractivity contribution < 1.29 is 22.7 Å². The molecule has 0 unspecified atom stereocenters. The lowest BCUT2D eigenvalue weighted by Gasteiger charge is -2.11. The number of guanidine groups is 1. The molecule has 0 aliphatic carbocycles. The van der Waals surface area contributed by atoms with Gasteiger partial charge in [0.05, 0.1) is 18.7 Å². The summed E-state index contributed by atoms with van der Waals surface area (Å²) in [5.74, 6) is 0.889. The number of halogens is 3. The van der Waals surface area contributed by atoms with Crippen LogP contribution >= 0.6 is 11.3 Å². The molecule has 0 saturated heterocycles. The summed E-state index contributed by atoms with van der Waals surface area (Å²) in [4.78, 5) is 19.5. The molecule has 29 heavy (non-hydrogen) atoms. The number of rotatable bonds is 8.